The molecule has 272 valence electrons. The van der Waals surface area contributed by atoms with Crippen molar-refractivity contribution in [3.05, 3.63) is 0 Å². The minimum Gasteiger partial charge on any atom is -0.481 e. The molecule has 0 aromatic carbocycles. The van der Waals surface area contributed by atoms with Crippen molar-refractivity contribution < 1.29 is 52.8 Å². The van der Waals surface area contributed by atoms with Gasteiger partial charge >= 0.3 is 24.1 Å². The number of carbonyl (C=O) groups excluding carboxylic acids is 5. The smallest absolute Gasteiger partial charge is 0.408 e. The minimum absolute atomic E-state index is 0.0916. The molecule has 0 radical (unpaired) electrons. The van der Waals surface area contributed by atoms with Crippen LogP contribution in [-0.4, -0.2) is 94.7 Å². The number of esters is 1. The SMILES string of the molecule is CC(C)(C)OC[C@H](NC(=O)[C@H](CCC(=O)O)NC(=O)[C@H](CCCCNC(=O)OC(C)(C)C)NC(=O)OC(C)(C)C)C(=O)OC(C)(C)C. The zero-order valence-electron chi connectivity index (χ0n) is 30.2. The summed E-state index contributed by atoms with van der Waals surface area (Å²) in [6, 6.07) is -3.84. The van der Waals surface area contributed by atoms with Gasteiger partial charge in [-0.15, -0.1) is 0 Å². The first kappa shape index (κ1) is 43.4. The van der Waals surface area contributed by atoms with E-state index in [0.29, 0.717) is 12.8 Å². The van der Waals surface area contributed by atoms with Crippen LogP contribution in [0.2, 0.25) is 0 Å². The Morgan fingerprint density at radius 3 is 1.51 bits per heavy atom. The Morgan fingerprint density at radius 1 is 0.574 bits per heavy atom. The number of unbranched alkanes of at least 4 members (excludes halogenated alkanes) is 1. The Morgan fingerprint density at radius 2 is 1.04 bits per heavy atom. The predicted molar refractivity (Wildman–Crippen MR) is 174 cm³/mol. The molecule has 5 N–H and O–H groups in total. The highest BCUT2D eigenvalue weighted by molar-refractivity contribution is 5.93. The summed E-state index contributed by atoms with van der Waals surface area (Å²) in [6.07, 6.45) is -1.38. The van der Waals surface area contributed by atoms with E-state index in [4.69, 9.17) is 18.9 Å². The molecule has 0 heterocycles. The zero-order chi connectivity index (χ0) is 36.8. The summed E-state index contributed by atoms with van der Waals surface area (Å²) in [6.45, 7) is 20.4. The van der Waals surface area contributed by atoms with Crippen LogP contribution in [-0.2, 0) is 38.1 Å². The van der Waals surface area contributed by atoms with Crippen LogP contribution in [0.15, 0.2) is 0 Å². The number of carboxylic acids is 1. The summed E-state index contributed by atoms with van der Waals surface area (Å²) >= 11 is 0. The maximum absolute atomic E-state index is 13.5. The van der Waals surface area contributed by atoms with E-state index in [9.17, 15) is 33.9 Å². The molecule has 47 heavy (non-hydrogen) atoms. The van der Waals surface area contributed by atoms with E-state index in [1.165, 1.54) is 0 Å². The number of carbonyl (C=O) groups is 6. The minimum atomic E-state index is -1.39. The van der Waals surface area contributed by atoms with Gasteiger partial charge in [-0.05, 0) is 109 Å². The summed E-state index contributed by atoms with van der Waals surface area (Å²) in [5, 5.41) is 19.5. The summed E-state index contributed by atoms with van der Waals surface area (Å²) in [5.41, 5.74) is -3.06. The molecule has 0 rings (SSSR count). The Hall–Kier alpha value is -3.62. The number of carboxylic acid groups (broad SMARTS) is 1. The van der Waals surface area contributed by atoms with Gasteiger partial charge < -0.3 is 45.3 Å². The van der Waals surface area contributed by atoms with E-state index >= 15 is 0 Å². The molecule has 0 saturated carbocycles. The second-order valence-electron chi connectivity index (χ2n) is 15.1. The first-order chi connectivity index (χ1) is 21.2. The van der Waals surface area contributed by atoms with Gasteiger partial charge in [-0.3, -0.25) is 14.4 Å². The Labute approximate surface area is 278 Å². The third kappa shape index (κ3) is 23.4. The fraction of sp³-hybridized carbons (Fsp3) is 0.812. The molecule has 15 heteroatoms. The van der Waals surface area contributed by atoms with E-state index in [1.807, 2.05) is 0 Å². The van der Waals surface area contributed by atoms with Crippen LogP contribution < -0.4 is 21.3 Å². The molecule has 0 fully saturated rings. The maximum atomic E-state index is 13.5. The number of ether oxygens (including phenoxy) is 4. The van der Waals surface area contributed by atoms with Gasteiger partial charge in [-0.1, -0.05) is 0 Å². The highest BCUT2D eigenvalue weighted by atomic mass is 16.6. The highest BCUT2D eigenvalue weighted by Gasteiger charge is 2.33. The first-order valence-corrected chi connectivity index (χ1v) is 15.8. The predicted octanol–water partition coefficient (Wildman–Crippen LogP) is 3.57. The molecule has 0 aliphatic rings. The van der Waals surface area contributed by atoms with Gasteiger partial charge in [0.15, 0.2) is 6.04 Å². The average Bonchev–Trinajstić information content (AvgIpc) is 2.83. The van der Waals surface area contributed by atoms with Gasteiger partial charge in [-0.2, -0.15) is 0 Å². The molecule has 0 aromatic heterocycles. The number of alkyl carbamates (subject to hydrolysis) is 2. The number of hydrogen-bond donors (Lipinski definition) is 5. The Balaban J connectivity index is 5.90. The van der Waals surface area contributed by atoms with Gasteiger partial charge in [0.25, 0.3) is 0 Å². The molecule has 0 aromatic rings. The lowest BCUT2D eigenvalue weighted by Crippen LogP contribution is -2.57. The van der Waals surface area contributed by atoms with Gasteiger partial charge in [0.05, 0.1) is 12.2 Å². The van der Waals surface area contributed by atoms with Crippen LogP contribution in [0.4, 0.5) is 9.59 Å². The molecule has 15 nitrogen and oxygen atoms in total. The first-order valence-electron chi connectivity index (χ1n) is 15.8. The van der Waals surface area contributed by atoms with Crippen LogP contribution in [0.5, 0.6) is 0 Å². The van der Waals surface area contributed by atoms with Crippen molar-refractivity contribution in [1.82, 2.24) is 21.3 Å². The second kappa shape index (κ2) is 18.6. The molecule has 0 spiro atoms. The molecule has 3 atom stereocenters. The molecular weight excluding hydrogens is 616 g/mol. The second-order valence-corrected chi connectivity index (χ2v) is 15.1. The lowest BCUT2D eigenvalue weighted by Gasteiger charge is -2.29. The number of aliphatic carboxylic acids is 1. The van der Waals surface area contributed by atoms with Crippen LogP contribution in [0.25, 0.3) is 0 Å². The van der Waals surface area contributed by atoms with Crippen molar-refractivity contribution in [3.63, 3.8) is 0 Å². The van der Waals surface area contributed by atoms with Crippen LogP contribution in [0, 0.1) is 0 Å². The van der Waals surface area contributed by atoms with Crippen molar-refractivity contribution >= 4 is 35.9 Å². The molecule has 0 saturated heterocycles. The maximum Gasteiger partial charge on any atom is 0.408 e. The molecule has 0 bridgehead atoms. The Bertz CT molecular complexity index is 1070. The number of amides is 4. The third-order valence-electron chi connectivity index (χ3n) is 5.57. The van der Waals surface area contributed by atoms with Gasteiger partial charge in [0, 0.05) is 13.0 Å². The van der Waals surface area contributed by atoms with Gasteiger partial charge in [-0.25, -0.2) is 14.4 Å². The number of hydrogen-bond acceptors (Lipinski definition) is 10. The van der Waals surface area contributed by atoms with E-state index in [-0.39, 0.29) is 26.0 Å². The average molecular weight is 675 g/mol. The van der Waals surface area contributed by atoms with Crippen molar-refractivity contribution in [2.45, 2.75) is 156 Å². The van der Waals surface area contributed by atoms with Crippen molar-refractivity contribution in [1.29, 1.82) is 0 Å². The summed E-state index contributed by atoms with van der Waals surface area (Å²) in [5.74, 6) is -3.60. The topological polar surface area (TPSA) is 208 Å². The number of rotatable bonds is 16. The highest BCUT2D eigenvalue weighted by Crippen LogP contribution is 2.14. The van der Waals surface area contributed by atoms with Crippen LogP contribution in [0.1, 0.15) is 115 Å². The largest absolute Gasteiger partial charge is 0.481 e. The summed E-state index contributed by atoms with van der Waals surface area (Å²) < 4.78 is 21.7. The lowest BCUT2D eigenvalue weighted by molar-refractivity contribution is -0.162. The fourth-order valence-corrected chi connectivity index (χ4v) is 3.65. The van der Waals surface area contributed by atoms with E-state index in [0.717, 1.165) is 0 Å². The van der Waals surface area contributed by atoms with E-state index in [1.54, 1.807) is 83.1 Å². The van der Waals surface area contributed by atoms with Gasteiger partial charge in [0.1, 0.15) is 28.9 Å². The fourth-order valence-electron chi connectivity index (χ4n) is 3.65. The van der Waals surface area contributed by atoms with Crippen molar-refractivity contribution in [2.24, 2.45) is 0 Å². The number of nitrogens with one attached hydrogen (secondary N) is 4. The molecular formula is C32H58N4O11. The lowest BCUT2D eigenvalue weighted by atomic mass is 10.1. The Kier molecular flexibility index (Phi) is 17.2. The standard InChI is InChI=1S/C32H58N4O11/c1-29(2,3)44-19-22(26(41)45-30(4,5)6)35-25(40)21(16-17-23(37)38)34-24(39)20(36-28(43)47-32(10,11)12)15-13-14-18-33-27(42)46-31(7,8)9/h20-22H,13-19H2,1-12H3,(H,33,42)(H,34,39)(H,35,40)(H,36,43)(H,37,38)/t20-,21-,22-/m0/s1. The summed E-state index contributed by atoms with van der Waals surface area (Å²) in [7, 11) is 0. The van der Waals surface area contributed by atoms with Gasteiger partial charge in [0.2, 0.25) is 11.8 Å². The van der Waals surface area contributed by atoms with Crippen molar-refractivity contribution in [2.75, 3.05) is 13.2 Å². The van der Waals surface area contributed by atoms with Crippen molar-refractivity contribution in [3.8, 4) is 0 Å². The zero-order valence-corrected chi connectivity index (χ0v) is 30.2. The normalized spacial score (nSPS) is 14.1. The molecule has 0 aliphatic heterocycles. The van der Waals surface area contributed by atoms with Crippen LogP contribution in [0.3, 0.4) is 0 Å². The third-order valence-corrected chi connectivity index (χ3v) is 5.57. The van der Waals surface area contributed by atoms with E-state index < -0.39 is 82.9 Å². The molecule has 4 amide bonds. The monoisotopic (exact) mass is 674 g/mol. The van der Waals surface area contributed by atoms with Crippen LogP contribution >= 0.6 is 0 Å². The summed E-state index contributed by atoms with van der Waals surface area (Å²) in [4.78, 5) is 75.8. The molecule has 0 unspecified atom stereocenters. The molecule has 0 aliphatic carbocycles. The quantitative estimate of drug-likeness (QED) is 0.0908. The van der Waals surface area contributed by atoms with E-state index in [2.05, 4.69) is 21.3 Å².